The van der Waals surface area contributed by atoms with E-state index in [2.05, 4.69) is 59.9 Å². The number of anilines is 1. The maximum atomic E-state index is 4.78. The lowest BCUT2D eigenvalue weighted by Crippen LogP contribution is -2.30. The molecule has 0 atom stereocenters. The second-order valence-electron chi connectivity index (χ2n) is 5.63. The van der Waals surface area contributed by atoms with Crippen LogP contribution >= 0.6 is 39.0 Å². The van der Waals surface area contributed by atoms with Gasteiger partial charge < -0.3 is 4.90 Å². The number of thioether (sulfide) groups is 1. The van der Waals surface area contributed by atoms with Crippen LogP contribution in [-0.4, -0.2) is 25.6 Å². The Hall–Kier alpha value is -1.90. The zero-order valence-corrected chi connectivity index (χ0v) is 16.2. The highest BCUT2D eigenvalue weighted by Crippen LogP contribution is 2.36. The van der Waals surface area contributed by atoms with Gasteiger partial charge in [-0.05, 0) is 18.2 Å². The highest BCUT2D eigenvalue weighted by molar-refractivity contribution is 9.10. The first-order chi connectivity index (χ1) is 12.3. The molecule has 5 rings (SSSR count). The van der Waals surface area contributed by atoms with Gasteiger partial charge in [-0.3, -0.25) is 4.57 Å². The summed E-state index contributed by atoms with van der Waals surface area (Å²) in [5.74, 6) is 1.70. The summed E-state index contributed by atoms with van der Waals surface area (Å²) in [4.78, 5) is 7.05. The molecule has 3 heterocycles. The van der Waals surface area contributed by atoms with Gasteiger partial charge in [0.05, 0.1) is 16.1 Å². The quantitative estimate of drug-likeness (QED) is 0.455. The van der Waals surface area contributed by atoms with E-state index in [1.165, 1.54) is 4.70 Å². The Labute approximate surface area is 160 Å². The number of thiazole rings is 1. The van der Waals surface area contributed by atoms with Gasteiger partial charge >= 0.3 is 0 Å². The van der Waals surface area contributed by atoms with E-state index < -0.39 is 0 Å². The number of nitrogens with zero attached hydrogens (tertiary/aromatic N) is 5. The topological polar surface area (TPSA) is 46.8 Å². The summed E-state index contributed by atoms with van der Waals surface area (Å²) in [6, 6.07) is 16.4. The standard InChI is InChI=1S/C17H12BrN5S2/c18-12-6-2-1-5-11(12)15-20-21-17-23(15)9-22(10-24-17)16-19-13-7-3-4-8-14(13)25-16/h1-8H,9-10H2. The Morgan fingerprint density at radius 3 is 2.72 bits per heavy atom. The zero-order valence-electron chi connectivity index (χ0n) is 13.0. The van der Waals surface area contributed by atoms with Crippen molar-refractivity contribution in [1.82, 2.24) is 19.7 Å². The minimum atomic E-state index is 0.700. The summed E-state index contributed by atoms with van der Waals surface area (Å²) in [6.45, 7) is 0.700. The van der Waals surface area contributed by atoms with E-state index >= 15 is 0 Å². The van der Waals surface area contributed by atoms with Crippen molar-refractivity contribution in [2.45, 2.75) is 11.8 Å². The smallest absolute Gasteiger partial charge is 0.194 e. The molecule has 0 bridgehead atoms. The van der Waals surface area contributed by atoms with Crippen LogP contribution in [0.15, 0.2) is 58.2 Å². The molecule has 0 N–H and O–H groups in total. The molecule has 1 aliphatic heterocycles. The first-order valence-corrected chi connectivity index (χ1v) is 10.3. The van der Waals surface area contributed by atoms with Crippen molar-refractivity contribution in [2.24, 2.45) is 0 Å². The van der Waals surface area contributed by atoms with E-state index in [0.29, 0.717) is 6.67 Å². The molecule has 0 amide bonds. The summed E-state index contributed by atoms with van der Waals surface area (Å²) < 4.78 is 4.38. The van der Waals surface area contributed by atoms with Gasteiger partial charge in [-0.25, -0.2) is 4.98 Å². The van der Waals surface area contributed by atoms with Crippen LogP contribution in [0.3, 0.4) is 0 Å². The van der Waals surface area contributed by atoms with Crippen molar-refractivity contribution in [1.29, 1.82) is 0 Å². The van der Waals surface area contributed by atoms with Gasteiger partial charge in [-0.1, -0.05) is 69.4 Å². The van der Waals surface area contributed by atoms with E-state index in [4.69, 9.17) is 4.98 Å². The second-order valence-corrected chi connectivity index (χ2v) is 8.41. The normalized spacial score (nSPS) is 14.0. The molecule has 4 aromatic rings. The molecule has 0 aliphatic carbocycles. The Morgan fingerprint density at radius 1 is 1.00 bits per heavy atom. The van der Waals surface area contributed by atoms with E-state index in [1.54, 1.807) is 23.1 Å². The van der Waals surface area contributed by atoms with Gasteiger partial charge in [0.2, 0.25) is 0 Å². The number of hydrogen-bond donors (Lipinski definition) is 0. The first kappa shape index (κ1) is 15.4. The van der Waals surface area contributed by atoms with Crippen LogP contribution in [0.1, 0.15) is 0 Å². The first-order valence-electron chi connectivity index (χ1n) is 7.71. The predicted octanol–water partition coefficient (Wildman–Crippen LogP) is 4.84. The molecule has 0 fully saturated rings. The predicted molar refractivity (Wildman–Crippen MR) is 106 cm³/mol. The largest absolute Gasteiger partial charge is 0.320 e. The zero-order chi connectivity index (χ0) is 16.8. The van der Waals surface area contributed by atoms with Gasteiger partial charge in [-0.2, -0.15) is 0 Å². The van der Waals surface area contributed by atoms with Crippen LogP contribution in [0.5, 0.6) is 0 Å². The third-order valence-electron chi connectivity index (χ3n) is 4.05. The summed E-state index contributed by atoms with van der Waals surface area (Å²) in [5, 5.41) is 10.8. The molecule has 1 aliphatic rings. The van der Waals surface area contributed by atoms with Crippen molar-refractivity contribution < 1.29 is 0 Å². The molecule has 8 heteroatoms. The lowest BCUT2D eigenvalue weighted by atomic mass is 10.2. The van der Waals surface area contributed by atoms with Gasteiger partial charge in [0.1, 0.15) is 6.67 Å². The molecule has 25 heavy (non-hydrogen) atoms. The maximum absolute atomic E-state index is 4.78. The summed E-state index contributed by atoms with van der Waals surface area (Å²) >= 11 is 7.03. The summed E-state index contributed by atoms with van der Waals surface area (Å²) in [6.07, 6.45) is 0. The fourth-order valence-corrected chi connectivity index (χ4v) is 5.20. The average Bonchev–Trinajstić information content (AvgIpc) is 3.25. The van der Waals surface area contributed by atoms with Crippen LogP contribution < -0.4 is 4.90 Å². The lowest BCUT2D eigenvalue weighted by Gasteiger charge is -2.27. The van der Waals surface area contributed by atoms with Crippen molar-refractivity contribution in [3.05, 3.63) is 53.0 Å². The molecule has 0 unspecified atom stereocenters. The van der Waals surface area contributed by atoms with Gasteiger partial charge in [0.15, 0.2) is 16.1 Å². The van der Waals surface area contributed by atoms with Crippen molar-refractivity contribution in [3.63, 3.8) is 0 Å². The molecule has 5 nitrogen and oxygen atoms in total. The fraction of sp³-hybridized carbons (Fsp3) is 0.118. The number of rotatable bonds is 2. The lowest BCUT2D eigenvalue weighted by molar-refractivity contribution is 0.607. The molecule has 0 saturated heterocycles. The van der Waals surface area contributed by atoms with Gasteiger partial charge in [0.25, 0.3) is 0 Å². The number of hydrogen-bond acceptors (Lipinski definition) is 6. The highest BCUT2D eigenvalue weighted by atomic mass is 79.9. The maximum Gasteiger partial charge on any atom is 0.194 e. The second kappa shape index (κ2) is 6.12. The van der Waals surface area contributed by atoms with Crippen LogP contribution in [0.4, 0.5) is 5.13 Å². The summed E-state index contributed by atoms with van der Waals surface area (Å²) in [5.41, 5.74) is 2.10. The Kier molecular flexibility index (Phi) is 3.76. The Bertz CT molecular complexity index is 1040. The van der Waals surface area contributed by atoms with Crippen molar-refractivity contribution in [2.75, 3.05) is 10.8 Å². The molecule has 0 radical (unpaired) electrons. The van der Waals surface area contributed by atoms with Crippen LogP contribution in [0.25, 0.3) is 21.6 Å². The highest BCUT2D eigenvalue weighted by Gasteiger charge is 2.25. The summed E-state index contributed by atoms with van der Waals surface area (Å²) in [7, 11) is 0. The molecule has 124 valence electrons. The Morgan fingerprint density at radius 2 is 1.84 bits per heavy atom. The molecule has 0 spiro atoms. The molecular weight excluding hydrogens is 418 g/mol. The number of fused-ring (bicyclic) bond motifs is 2. The van der Waals surface area contributed by atoms with Gasteiger partial charge in [0, 0.05) is 10.0 Å². The minimum Gasteiger partial charge on any atom is -0.320 e. The number of halogens is 1. The van der Waals surface area contributed by atoms with Crippen LogP contribution in [0.2, 0.25) is 0 Å². The van der Waals surface area contributed by atoms with E-state index in [-0.39, 0.29) is 0 Å². The van der Waals surface area contributed by atoms with E-state index in [1.807, 2.05) is 24.3 Å². The number of aromatic nitrogens is 4. The molecule has 2 aromatic carbocycles. The molecular formula is C17H12BrN5S2. The third kappa shape index (κ3) is 2.65. The van der Waals surface area contributed by atoms with Crippen LogP contribution in [0, 0.1) is 0 Å². The third-order valence-corrected chi connectivity index (χ3v) is 6.84. The van der Waals surface area contributed by atoms with Crippen molar-refractivity contribution >= 4 is 54.4 Å². The molecule has 2 aromatic heterocycles. The number of para-hydroxylation sites is 1. The van der Waals surface area contributed by atoms with Crippen LogP contribution in [-0.2, 0) is 6.67 Å². The SMILES string of the molecule is Brc1ccccc1-c1nnc2n1CN(c1nc3ccccc3s1)CS2. The average molecular weight is 430 g/mol. The number of benzene rings is 2. The van der Waals surface area contributed by atoms with E-state index in [9.17, 15) is 0 Å². The van der Waals surface area contributed by atoms with Crippen molar-refractivity contribution in [3.8, 4) is 11.4 Å². The van der Waals surface area contributed by atoms with E-state index in [0.717, 1.165) is 37.5 Å². The molecule has 0 saturated carbocycles. The monoisotopic (exact) mass is 429 g/mol. The Balaban J connectivity index is 1.54. The van der Waals surface area contributed by atoms with Gasteiger partial charge in [-0.15, -0.1) is 10.2 Å². The fourth-order valence-electron chi connectivity index (χ4n) is 2.82. The minimum absolute atomic E-state index is 0.700.